The van der Waals surface area contributed by atoms with Crippen molar-refractivity contribution >= 4 is 17.5 Å². The number of benzene rings is 1. The van der Waals surface area contributed by atoms with Gasteiger partial charge in [-0.05, 0) is 37.0 Å². The summed E-state index contributed by atoms with van der Waals surface area (Å²) in [6.07, 6.45) is 6.50. The molecule has 1 N–H and O–H groups in total. The van der Waals surface area contributed by atoms with Crippen molar-refractivity contribution in [3.8, 4) is 0 Å². The average Bonchev–Trinajstić information content (AvgIpc) is 2.75. The summed E-state index contributed by atoms with van der Waals surface area (Å²) in [6.45, 7) is 2.74. The lowest BCUT2D eigenvalue weighted by atomic mass is 10.0. The van der Waals surface area contributed by atoms with Crippen LogP contribution in [0, 0.1) is 0 Å². The van der Waals surface area contributed by atoms with E-state index < -0.39 is 0 Å². The predicted molar refractivity (Wildman–Crippen MR) is 117 cm³/mol. The van der Waals surface area contributed by atoms with Crippen LogP contribution in [0.4, 0.5) is 5.69 Å². The Labute approximate surface area is 173 Å². The van der Waals surface area contributed by atoms with Crippen LogP contribution in [-0.2, 0) is 16.0 Å². The summed E-state index contributed by atoms with van der Waals surface area (Å²) in [7, 11) is 3.62. The van der Waals surface area contributed by atoms with E-state index in [0.29, 0.717) is 13.0 Å². The van der Waals surface area contributed by atoms with Crippen molar-refractivity contribution in [2.24, 2.45) is 0 Å². The van der Waals surface area contributed by atoms with Crippen LogP contribution in [0.3, 0.4) is 0 Å². The second-order valence-electron chi connectivity index (χ2n) is 7.32. The second kappa shape index (κ2) is 11.8. The van der Waals surface area contributed by atoms with E-state index in [1.165, 1.54) is 10.5 Å². The maximum absolute atomic E-state index is 12.4. The van der Waals surface area contributed by atoms with Crippen LogP contribution in [0.5, 0.6) is 0 Å². The number of aromatic nitrogens is 1. The Morgan fingerprint density at radius 1 is 1.07 bits per heavy atom. The first-order valence-corrected chi connectivity index (χ1v) is 10.2. The van der Waals surface area contributed by atoms with Gasteiger partial charge in [0.1, 0.15) is 0 Å². The molecule has 0 aliphatic carbocycles. The Morgan fingerprint density at radius 2 is 1.76 bits per heavy atom. The Bertz CT molecular complexity index is 752. The molecule has 2 rings (SSSR count). The molecule has 1 atom stereocenters. The number of anilines is 1. The molecule has 1 unspecified atom stereocenters. The number of hydrogen-bond acceptors (Lipinski definition) is 4. The monoisotopic (exact) mass is 396 g/mol. The van der Waals surface area contributed by atoms with Crippen molar-refractivity contribution in [3.05, 3.63) is 60.4 Å². The van der Waals surface area contributed by atoms with Crippen molar-refractivity contribution < 1.29 is 9.59 Å². The molecule has 0 saturated carbocycles. The van der Waals surface area contributed by atoms with Gasteiger partial charge in [-0.2, -0.15) is 0 Å². The fourth-order valence-electron chi connectivity index (χ4n) is 3.12. The average molecular weight is 397 g/mol. The first-order valence-electron chi connectivity index (χ1n) is 10.2. The lowest BCUT2D eigenvalue weighted by Crippen LogP contribution is -2.43. The van der Waals surface area contributed by atoms with Gasteiger partial charge >= 0.3 is 0 Å². The maximum atomic E-state index is 12.4. The molecule has 2 amide bonds. The van der Waals surface area contributed by atoms with Crippen molar-refractivity contribution in [2.75, 3.05) is 32.1 Å². The van der Waals surface area contributed by atoms with Crippen molar-refractivity contribution in [1.29, 1.82) is 0 Å². The molecule has 0 bridgehead atoms. The van der Waals surface area contributed by atoms with Gasteiger partial charge in [-0.15, -0.1) is 0 Å². The molecule has 156 valence electrons. The van der Waals surface area contributed by atoms with Gasteiger partial charge in [0.05, 0.1) is 6.54 Å². The molecule has 0 fully saturated rings. The molecule has 1 aromatic heterocycles. The number of pyridine rings is 1. The first kappa shape index (κ1) is 22.4. The molecule has 0 aliphatic rings. The standard InChI is InChI=1S/C23H32N4O2/c1-4-20(11-10-19-8-6-5-7-9-19)25-22(28)18-27(3)23(29)14-17-26(2)21-12-15-24-16-13-21/h5-9,12-13,15-16,20H,4,10-11,14,17-18H2,1-3H3,(H,25,28). The summed E-state index contributed by atoms with van der Waals surface area (Å²) in [5.41, 5.74) is 2.28. The summed E-state index contributed by atoms with van der Waals surface area (Å²) in [6, 6.07) is 14.2. The number of aryl methyl sites for hydroxylation is 1. The fourth-order valence-corrected chi connectivity index (χ4v) is 3.12. The van der Waals surface area contributed by atoms with Crippen LogP contribution in [0.2, 0.25) is 0 Å². The Morgan fingerprint density at radius 3 is 2.41 bits per heavy atom. The quantitative estimate of drug-likeness (QED) is 0.634. The lowest BCUT2D eigenvalue weighted by molar-refractivity contribution is -0.134. The van der Waals surface area contributed by atoms with E-state index in [1.54, 1.807) is 19.4 Å². The van der Waals surface area contributed by atoms with E-state index in [2.05, 4.69) is 29.4 Å². The van der Waals surface area contributed by atoms with Gasteiger partial charge in [-0.3, -0.25) is 14.6 Å². The van der Waals surface area contributed by atoms with Crippen molar-refractivity contribution in [1.82, 2.24) is 15.2 Å². The van der Waals surface area contributed by atoms with Crippen molar-refractivity contribution in [2.45, 2.75) is 38.6 Å². The highest BCUT2D eigenvalue weighted by Crippen LogP contribution is 2.10. The topological polar surface area (TPSA) is 65.5 Å². The third kappa shape index (κ3) is 7.94. The van der Waals surface area contributed by atoms with Crippen LogP contribution in [0.1, 0.15) is 31.7 Å². The normalized spacial score (nSPS) is 11.6. The SMILES string of the molecule is CCC(CCc1ccccc1)NC(=O)CN(C)C(=O)CCN(C)c1ccncc1. The minimum Gasteiger partial charge on any atom is -0.374 e. The summed E-state index contributed by atoms with van der Waals surface area (Å²) >= 11 is 0. The van der Waals surface area contributed by atoms with Gasteiger partial charge in [0.25, 0.3) is 0 Å². The molecular formula is C23H32N4O2. The zero-order chi connectivity index (χ0) is 21.1. The van der Waals surface area contributed by atoms with Gasteiger partial charge in [-0.1, -0.05) is 37.3 Å². The molecule has 6 nitrogen and oxygen atoms in total. The molecule has 0 saturated heterocycles. The number of rotatable bonds is 11. The molecule has 6 heteroatoms. The van der Waals surface area contributed by atoms with Crippen LogP contribution in [0.25, 0.3) is 0 Å². The van der Waals surface area contributed by atoms with Gasteiger partial charge in [-0.25, -0.2) is 0 Å². The van der Waals surface area contributed by atoms with E-state index in [9.17, 15) is 9.59 Å². The van der Waals surface area contributed by atoms with Crippen LogP contribution < -0.4 is 10.2 Å². The minimum atomic E-state index is -0.108. The number of amides is 2. The van der Waals surface area contributed by atoms with Gasteiger partial charge in [0.15, 0.2) is 0 Å². The summed E-state index contributed by atoms with van der Waals surface area (Å²) in [4.78, 5) is 32.3. The van der Waals surface area contributed by atoms with Crippen LogP contribution in [-0.4, -0.2) is 54.9 Å². The zero-order valence-corrected chi connectivity index (χ0v) is 17.7. The number of likely N-dealkylation sites (N-methyl/N-ethyl adjacent to an activating group) is 1. The molecule has 0 aliphatic heterocycles. The van der Waals surface area contributed by atoms with E-state index >= 15 is 0 Å². The maximum Gasteiger partial charge on any atom is 0.239 e. The number of carbonyl (C=O) groups is 2. The third-order valence-electron chi connectivity index (χ3n) is 5.05. The molecule has 1 heterocycles. The molecule has 29 heavy (non-hydrogen) atoms. The minimum absolute atomic E-state index is 0.0432. The number of carbonyl (C=O) groups excluding carboxylic acids is 2. The summed E-state index contributed by atoms with van der Waals surface area (Å²) in [5.74, 6) is -0.151. The Hall–Kier alpha value is -2.89. The molecule has 2 aromatic rings. The summed E-state index contributed by atoms with van der Waals surface area (Å²) < 4.78 is 0. The predicted octanol–water partition coefficient (Wildman–Crippen LogP) is 2.89. The summed E-state index contributed by atoms with van der Waals surface area (Å²) in [5, 5.41) is 3.06. The Kier molecular flexibility index (Phi) is 9.15. The van der Waals surface area contributed by atoms with E-state index in [4.69, 9.17) is 0 Å². The molecule has 0 radical (unpaired) electrons. The lowest BCUT2D eigenvalue weighted by Gasteiger charge is -2.23. The van der Waals surface area contributed by atoms with E-state index in [1.807, 2.05) is 42.3 Å². The highest BCUT2D eigenvalue weighted by atomic mass is 16.2. The van der Waals surface area contributed by atoms with Crippen LogP contribution >= 0.6 is 0 Å². The number of hydrogen-bond donors (Lipinski definition) is 1. The van der Waals surface area contributed by atoms with Crippen molar-refractivity contribution in [3.63, 3.8) is 0 Å². The second-order valence-corrected chi connectivity index (χ2v) is 7.32. The zero-order valence-electron chi connectivity index (χ0n) is 17.7. The molecular weight excluding hydrogens is 364 g/mol. The highest BCUT2D eigenvalue weighted by Gasteiger charge is 2.16. The van der Waals surface area contributed by atoms with E-state index in [0.717, 1.165) is 24.9 Å². The number of nitrogens with zero attached hydrogens (tertiary/aromatic N) is 3. The third-order valence-corrected chi connectivity index (χ3v) is 5.05. The Balaban J connectivity index is 1.72. The smallest absolute Gasteiger partial charge is 0.239 e. The van der Waals surface area contributed by atoms with E-state index in [-0.39, 0.29) is 24.4 Å². The largest absolute Gasteiger partial charge is 0.374 e. The first-order chi connectivity index (χ1) is 14.0. The number of nitrogens with one attached hydrogen (secondary N) is 1. The van der Waals surface area contributed by atoms with Gasteiger partial charge in [0, 0.05) is 51.2 Å². The van der Waals surface area contributed by atoms with Crippen LogP contribution in [0.15, 0.2) is 54.9 Å². The highest BCUT2D eigenvalue weighted by molar-refractivity contribution is 5.85. The molecule has 1 aromatic carbocycles. The molecule has 0 spiro atoms. The van der Waals surface area contributed by atoms with Gasteiger partial charge in [0.2, 0.25) is 11.8 Å². The fraction of sp³-hybridized carbons (Fsp3) is 0.435. The van der Waals surface area contributed by atoms with Gasteiger partial charge < -0.3 is 15.1 Å².